The lowest BCUT2D eigenvalue weighted by molar-refractivity contribution is 0.0684. The number of halogens is 2. The third-order valence-electron chi connectivity index (χ3n) is 2.87. The van der Waals surface area contributed by atoms with Crippen LogP contribution in [0.25, 0.3) is 0 Å². The van der Waals surface area contributed by atoms with E-state index in [1.165, 1.54) is 4.68 Å². The summed E-state index contributed by atoms with van der Waals surface area (Å²) in [7, 11) is 0. The molecule has 0 unspecified atom stereocenters. The molecule has 0 radical (unpaired) electrons. The van der Waals surface area contributed by atoms with Crippen molar-refractivity contribution < 1.29 is 9.90 Å². The van der Waals surface area contributed by atoms with Crippen LogP contribution in [0.2, 0.25) is 10.0 Å². The third-order valence-corrected chi connectivity index (χ3v) is 3.61. The molecule has 1 heterocycles. The van der Waals surface area contributed by atoms with Gasteiger partial charge in [0, 0.05) is 0 Å². The number of hydrogen-bond acceptors (Lipinski definition) is 2. The van der Waals surface area contributed by atoms with Crippen LogP contribution in [0, 0.1) is 0 Å². The molecule has 0 aliphatic carbocycles. The molecule has 2 aromatic rings. The number of rotatable bonds is 5. The van der Waals surface area contributed by atoms with Gasteiger partial charge < -0.3 is 5.11 Å². The Morgan fingerprint density at radius 2 is 2.05 bits per heavy atom. The average molecular weight is 313 g/mol. The normalized spacial score (nSPS) is 10.8. The van der Waals surface area contributed by atoms with E-state index in [-0.39, 0.29) is 5.69 Å². The van der Waals surface area contributed by atoms with Crippen molar-refractivity contribution in [1.29, 1.82) is 0 Å². The highest BCUT2D eigenvalue weighted by molar-refractivity contribution is 6.42. The molecule has 0 aliphatic rings. The van der Waals surface area contributed by atoms with Crippen LogP contribution in [0.4, 0.5) is 0 Å². The molecule has 1 N–H and O–H groups in total. The Bertz CT molecular complexity index is 638. The summed E-state index contributed by atoms with van der Waals surface area (Å²) in [6.07, 6.45) is 1.68. The summed E-state index contributed by atoms with van der Waals surface area (Å²) in [5.41, 5.74) is 1.82. The first-order valence-electron chi connectivity index (χ1n) is 6.25. The maximum atomic E-state index is 11.2. The van der Waals surface area contributed by atoms with Gasteiger partial charge in [0.05, 0.1) is 22.3 Å². The molecule has 0 saturated heterocycles. The highest BCUT2D eigenvalue weighted by atomic mass is 35.5. The molecule has 0 aliphatic heterocycles. The quantitative estimate of drug-likeness (QED) is 0.911. The zero-order valence-electron chi connectivity index (χ0n) is 10.9. The first-order valence-corrected chi connectivity index (χ1v) is 7.00. The smallest absolute Gasteiger partial charge is 0.354 e. The molecule has 0 bridgehead atoms. The summed E-state index contributed by atoms with van der Waals surface area (Å²) in [4.78, 5) is 11.2. The van der Waals surface area contributed by atoms with Gasteiger partial charge in [-0.2, -0.15) is 5.10 Å². The standard InChI is InChI=1S/C14H14Cl2N2O2/c1-2-3-10-7-13(14(19)20)18(17-10)8-9-4-5-11(15)12(16)6-9/h4-7H,2-3,8H2,1H3,(H,19,20). The fourth-order valence-corrected chi connectivity index (χ4v) is 2.27. The van der Waals surface area contributed by atoms with Crippen LogP contribution in [-0.4, -0.2) is 20.9 Å². The second-order valence-electron chi connectivity index (χ2n) is 4.48. The number of nitrogens with zero attached hydrogens (tertiary/aromatic N) is 2. The van der Waals surface area contributed by atoms with Crippen molar-refractivity contribution in [3.63, 3.8) is 0 Å². The zero-order chi connectivity index (χ0) is 14.7. The van der Waals surface area contributed by atoms with E-state index in [0.717, 1.165) is 24.1 Å². The Balaban J connectivity index is 2.31. The second kappa shape index (κ2) is 6.29. The third kappa shape index (κ3) is 3.32. The van der Waals surface area contributed by atoms with Gasteiger partial charge in [-0.05, 0) is 30.2 Å². The van der Waals surface area contributed by atoms with E-state index in [4.69, 9.17) is 23.2 Å². The lowest BCUT2D eigenvalue weighted by atomic mass is 10.2. The van der Waals surface area contributed by atoms with Gasteiger partial charge in [0.2, 0.25) is 0 Å². The summed E-state index contributed by atoms with van der Waals surface area (Å²) in [6, 6.07) is 6.83. The van der Waals surface area contributed by atoms with E-state index >= 15 is 0 Å². The summed E-state index contributed by atoms with van der Waals surface area (Å²) in [6.45, 7) is 2.38. The Morgan fingerprint density at radius 3 is 2.65 bits per heavy atom. The van der Waals surface area contributed by atoms with Crippen LogP contribution in [0.5, 0.6) is 0 Å². The molecule has 106 valence electrons. The number of carbonyl (C=O) groups is 1. The number of benzene rings is 1. The number of carboxylic acids is 1. The number of aromatic carboxylic acids is 1. The van der Waals surface area contributed by atoms with Crippen molar-refractivity contribution in [1.82, 2.24) is 9.78 Å². The summed E-state index contributed by atoms with van der Waals surface area (Å²) in [5, 5.41) is 14.5. The Labute approximate surface area is 126 Å². The van der Waals surface area contributed by atoms with Crippen molar-refractivity contribution in [3.05, 3.63) is 51.3 Å². The minimum Gasteiger partial charge on any atom is -0.477 e. The first kappa shape index (κ1) is 14.9. The molecule has 4 nitrogen and oxygen atoms in total. The van der Waals surface area contributed by atoms with Crippen molar-refractivity contribution in [2.75, 3.05) is 0 Å². The monoisotopic (exact) mass is 312 g/mol. The van der Waals surface area contributed by atoms with E-state index in [1.54, 1.807) is 24.3 Å². The highest BCUT2D eigenvalue weighted by Gasteiger charge is 2.14. The van der Waals surface area contributed by atoms with Crippen molar-refractivity contribution in [2.45, 2.75) is 26.3 Å². The molecule has 0 spiro atoms. The Hall–Kier alpha value is -1.52. The van der Waals surface area contributed by atoms with E-state index in [0.29, 0.717) is 16.6 Å². The average Bonchev–Trinajstić information content (AvgIpc) is 2.77. The molecule has 0 fully saturated rings. The number of aryl methyl sites for hydroxylation is 1. The van der Waals surface area contributed by atoms with E-state index in [2.05, 4.69) is 5.10 Å². The Kier molecular flexibility index (Phi) is 4.68. The largest absolute Gasteiger partial charge is 0.477 e. The SMILES string of the molecule is CCCc1cc(C(=O)O)n(Cc2ccc(Cl)c(Cl)c2)n1. The molecular formula is C14H14Cl2N2O2. The highest BCUT2D eigenvalue weighted by Crippen LogP contribution is 2.23. The predicted molar refractivity (Wildman–Crippen MR) is 78.7 cm³/mol. The van der Waals surface area contributed by atoms with Crippen molar-refractivity contribution in [2.24, 2.45) is 0 Å². The lowest BCUT2D eigenvalue weighted by Crippen LogP contribution is -2.11. The van der Waals surface area contributed by atoms with Crippen LogP contribution < -0.4 is 0 Å². The first-order chi connectivity index (χ1) is 9.51. The molecule has 0 saturated carbocycles. The topological polar surface area (TPSA) is 55.1 Å². The molecule has 6 heteroatoms. The van der Waals surface area contributed by atoms with Gasteiger partial charge in [0.25, 0.3) is 0 Å². The lowest BCUT2D eigenvalue weighted by Gasteiger charge is -2.06. The summed E-state index contributed by atoms with van der Waals surface area (Å²) in [5.74, 6) is -0.986. The van der Waals surface area contributed by atoms with E-state index in [9.17, 15) is 9.90 Å². The second-order valence-corrected chi connectivity index (χ2v) is 5.30. The molecule has 1 aromatic heterocycles. The minimum absolute atomic E-state index is 0.180. The fraction of sp³-hybridized carbons (Fsp3) is 0.286. The maximum Gasteiger partial charge on any atom is 0.354 e. The molecule has 1 aromatic carbocycles. The van der Waals surface area contributed by atoms with Crippen LogP contribution in [0.1, 0.15) is 35.1 Å². The van der Waals surface area contributed by atoms with Crippen LogP contribution in [0.3, 0.4) is 0 Å². The Morgan fingerprint density at radius 1 is 1.30 bits per heavy atom. The van der Waals surface area contributed by atoms with Crippen molar-refractivity contribution in [3.8, 4) is 0 Å². The van der Waals surface area contributed by atoms with Gasteiger partial charge in [0.15, 0.2) is 0 Å². The molecule has 0 amide bonds. The van der Waals surface area contributed by atoms with Gasteiger partial charge in [-0.3, -0.25) is 4.68 Å². The van der Waals surface area contributed by atoms with Crippen LogP contribution in [-0.2, 0) is 13.0 Å². The zero-order valence-corrected chi connectivity index (χ0v) is 12.4. The van der Waals surface area contributed by atoms with Gasteiger partial charge >= 0.3 is 5.97 Å². The van der Waals surface area contributed by atoms with Crippen LogP contribution >= 0.6 is 23.2 Å². The molecule has 2 rings (SSSR count). The van der Waals surface area contributed by atoms with Gasteiger partial charge in [-0.15, -0.1) is 0 Å². The minimum atomic E-state index is -0.986. The van der Waals surface area contributed by atoms with E-state index in [1.807, 2.05) is 6.92 Å². The predicted octanol–water partition coefficient (Wildman–Crippen LogP) is 3.89. The van der Waals surface area contributed by atoms with Gasteiger partial charge in [-0.1, -0.05) is 42.6 Å². The number of carboxylic acid groups (broad SMARTS) is 1. The van der Waals surface area contributed by atoms with Gasteiger partial charge in [0.1, 0.15) is 5.69 Å². The number of aromatic nitrogens is 2. The van der Waals surface area contributed by atoms with Crippen LogP contribution in [0.15, 0.2) is 24.3 Å². The summed E-state index contributed by atoms with van der Waals surface area (Å²) >= 11 is 11.8. The molecule has 0 atom stereocenters. The number of hydrogen-bond donors (Lipinski definition) is 1. The van der Waals surface area contributed by atoms with Gasteiger partial charge in [-0.25, -0.2) is 4.79 Å². The molecular weight excluding hydrogens is 299 g/mol. The van der Waals surface area contributed by atoms with E-state index < -0.39 is 5.97 Å². The summed E-state index contributed by atoms with van der Waals surface area (Å²) < 4.78 is 1.48. The molecule has 20 heavy (non-hydrogen) atoms. The van der Waals surface area contributed by atoms with Crippen molar-refractivity contribution >= 4 is 29.2 Å². The fourth-order valence-electron chi connectivity index (χ4n) is 1.95. The maximum absolute atomic E-state index is 11.2.